The number of hydrogen-bond donors (Lipinski definition) is 0. The van der Waals surface area contributed by atoms with Gasteiger partial charge in [-0.05, 0) is 19.3 Å². The second-order valence-corrected chi connectivity index (χ2v) is 4.40. The molecule has 1 rings (SSSR count). The van der Waals surface area contributed by atoms with E-state index in [4.69, 9.17) is 0 Å². The highest BCUT2D eigenvalue weighted by molar-refractivity contribution is 5.78. The molecule has 0 heterocycles. The Morgan fingerprint density at radius 1 is 1.43 bits per heavy atom. The minimum absolute atomic E-state index is 0.319. The fourth-order valence-corrected chi connectivity index (χ4v) is 2.23. The molecule has 0 aliphatic heterocycles. The average molecular weight is 202 g/mol. The molecule has 14 heavy (non-hydrogen) atoms. The minimum Gasteiger partial charge on any atom is -0.467 e. The number of halogens is 1. The summed E-state index contributed by atoms with van der Waals surface area (Å²) in [6.45, 7) is 1.33. The first kappa shape index (κ1) is 11.5. The maximum absolute atomic E-state index is 13.8. The Hall–Kier alpha value is -0.600. The van der Waals surface area contributed by atoms with E-state index in [-0.39, 0.29) is 0 Å². The first-order chi connectivity index (χ1) is 6.56. The smallest absolute Gasteiger partial charge is 0.343 e. The van der Waals surface area contributed by atoms with E-state index in [1.807, 2.05) is 0 Å². The summed E-state index contributed by atoms with van der Waals surface area (Å²) in [5, 5.41) is 0. The van der Waals surface area contributed by atoms with Crippen LogP contribution in [0.15, 0.2) is 0 Å². The van der Waals surface area contributed by atoms with Crippen molar-refractivity contribution in [2.24, 2.45) is 5.92 Å². The molecule has 0 aromatic carbocycles. The van der Waals surface area contributed by atoms with Gasteiger partial charge < -0.3 is 4.74 Å². The van der Waals surface area contributed by atoms with Crippen LogP contribution in [-0.4, -0.2) is 18.7 Å². The van der Waals surface area contributed by atoms with Crippen molar-refractivity contribution in [3.63, 3.8) is 0 Å². The zero-order valence-electron chi connectivity index (χ0n) is 9.01. The highest BCUT2D eigenvalue weighted by Gasteiger charge is 2.36. The maximum Gasteiger partial charge on any atom is 0.343 e. The highest BCUT2D eigenvalue weighted by Crippen LogP contribution is 2.32. The van der Waals surface area contributed by atoms with Crippen LogP contribution in [0.1, 0.15) is 45.4 Å². The lowest BCUT2D eigenvalue weighted by atomic mass is 9.82. The normalized spacial score (nSPS) is 22.8. The van der Waals surface area contributed by atoms with Crippen LogP contribution in [0.5, 0.6) is 0 Å². The predicted molar refractivity (Wildman–Crippen MR) is 52.7 cm³/mol. The third-order valence-corrected chi connectivity index (χ3v) is 3.01. The topological polar surface area (TPSA) is 26.3 Å². The fourth-order valence-electron chi connectivity index (χ4n) is 2.23. The number of esters is 1. The fraction of sp³-hybridized carbons (Fsp3) is 0.909. The first-order valence-electron chi connectivity index (χ1n) is 5.33. The van der Waals surface area contributed by atoms with Crippen molar-refractivity contribution < 1.29 is 13.9 Å². The Labute approximate surface area is 84.8 Å². The van der Waals surface area contributed by atoms with E-state index in [9.17, 15) is 9.18 Å². The van der Waals surface area contributed by atoms with Gasteiger partial charge in [-0.1, -0.05) is 32.1 Å². The number of ether oxygens (including phenoxy) is 1. The van der Waals surface area contributed by atoms with Gasteiger partial charge in [-0.3, -0.25) is 0 Å². The molecule has 0 aromatic heterocycles. The lowest BCUT2D eigenvalue weighted by Crippen LogP contribution is -2.34. The van der Waals surface area contributed by atoms with Crippen LogP contribution in [-0.2, 0) is 9.53 Å². The molecule has 0 aromatic rings. The summed E-state index contributed by atoms with van der Waals surface area (Å²) in [6, 6.07) is 0. The van der Waals surface area contributed by atoms with Crippen molar-refractivity contribution in [1.82, 2.24) is 0 Å². The number of rotatable bonds is 3. The quantitative estimate of drug-likeness (QED) is 0.658. The summed E-state index contributed by atoms with van der Waals surface area (Å²) < 4.78 is 18.2. The second-order valence-electron chi connectivity index (χ2n) is 4.40. The number of carbonyl (C=O) groups is 1. The molecule has 0 bridgehead atoms. The van der Waals surface area contributed by atoms with Crippen molar-refractivity contribution >= 4 is 5.97 Å². The van der Waals surface area contributed by atoms with Crippen LogP contribution in [0.3, 0.4) is 0 Å². The van der Waals surface area contributed by atoms with Gasteiger partial charge in [0.1, 0.15) is 0 Å². The van der Waals surface area contributed by atoms with E-state index >= 15 is 0 Å². The van der Waals surface area contributed by atoms with Crippen LogP contribution in [0.25, 0.3) is 0 Å². The van der Waals surface area contributed by atoms with E-state index in [2.05, 4.69) is 4.74 Å². The van der Waals surface area contributed by atoms with Gasteiger partial charge in [0.25, 0.3) is 0 Å². The Morgan fingerprint density at radius 2 is 2.00 bits per heavy atom. The Morgan fingerprint density at radius 3 is 2.50 bits per heavy atom. The zero-order valence-corrected chi connectivity index (χ0v) is 9.01. The van der Waals surface area contributed by atoms with E-state index in [0.29, 0.717) is 12.3 Å². The van der Waals surface area contributed by atoms with E-state index in [1.165, 1.54) is 33.3 Å². The van der Waals surface area contributed by atoms with Crippen molar-refractivity contribution in [3.8, 4) is 0 Å². The third kappa shape index (κ3) is 2.96. The molecule has 1 saturated carbocycles. The second kappa shape index (κ2) is 4.76. The van der Waals surface area contributed by atoms with Gasteiger partial charge in [0.15, 0.2) is 0 Å². The van der Waals surface area contributed by atoms with Crippen molar-refractivity contribution in [2.45, 2.75) is 51.1 Å². The molecule has 1 unspecified atom stereocenters. The molecule has 1 aliphatic carbocycles. The van der Waals surface area contributed by atoms with Crippen LogP contribution in [0.4, 0.5) is 4.39 Å². The molecule has 1 atom stereocenters. The summed E-state index contributed by atoms with van der Waals surface area (Å²) in [5.74, 6) is -0.374. The summed E-state index contributed by atoms with van der Waals surface area (Å²) in [4.78, 5) is 11.1. The molecule has 0 radical (unpaired) electrons. The van der Waals surface area contributed by atoms with Crippen LogP contribution >= 0.6 is 0 Å². The molecule has 3 heteroatoms. The Bertz CT molecular complexity index is 195. The van der Waals surface area contributed by atoms with E-state index in [0.717, 1.165) is 12.8 Å². The first-order valence-corrected chi connectivity index (χ1v) is 5.33. The minimum atomic E-state index is -1.79. The van der Waals surface area contributed by atoms with Crippen LogP contribution < -0.4 is 0 Å². The molecule has 0 amide bonds. The SMILES string of the molecule is COC(=O)C(C)(F)CC1CCCCC1. The van der Waals surface area contributed by atoms with E-state index in [1.54, 1.807) is 0 Å². The zero-order chi connectivity index (χ0) is 10.6. The van der Waals surface area contributed by atoms with Crippen LogP contribution in [0.2, 0.25) is 0 Å². The number of carbonyl (C=O) groups excluding carboxylic acids is 1. The number of methoxy groups -OCH3 is 1. The van der Waals surface area contributed by atoms with Gasteiger partial charge in [0, 0.05) is 0 Å². The van der Waals surface area contributed by atoms with Crippen molar-refractivity contribution in [1.29, 1.82) is 0 Å². The predicted octanol–water partition coefficient (Wildman–Crippen LogP) is 2.86. The molecule has 1 aliphatic rings. The van der Waals surface area contributed by atoms with Crippen molar-refractivity contribution in [2.75, 3.05) is 7.11 Å². The molecule has 2 nitrogen and oxygen atoms in total. The van der Waals surface area contributed by atoms with Gasteiger partial charge in [0.05, 0.1) is 7.11 Å². The Kier molecular flexibility index (Phi) is 3.90. The molecule has 0 N–H and O–H groups in total. The molecular weight excluding hydrogens is 183 g/mol. The summed E-state index contributed by atoms with van der Waals surface area (Å²) in [6.07, 6.45) is 6.01. The molecule has 0 saturated heterocycles. The molecule has 82 valence electrons. The summed E-state index contributed by atoms with van der Waals surface area (Å²) in [7, 11) is 1.24. The van der Waals surface area contributed by atoms with Gasteiger partial charge >= 0.3 is 5.97 Å². The largest absolute Gasteiger partial charge is 0.467 e. The maximum atomic E-state index is 13.8. The third-order valence-electron chi connectivity index (χ3n) is 3.01. The molecule has 1 fully saturated rings. The number of hydrogen-bond acceptors (Lipinski definition) is 2. The average Bonchev–Trinajstić information content (AvgIpc) is 2.17. The summed E-state index contributed by atoms with van der Waals surface area (Å²) >= 11 is 0. The lowest BCUT2D eigenvalue weighted by Gasteiger charge is -2.26. The highest BCUT2D eigenvalue weighted by atomic mass is 19.1. The van der Waals surface area contributed by atoms with Gasteiger partial charge in [-0.15, -0.1) is 0 Å². The number of alkyl halides is 1. The van der Waals surface area contributed by atoms with E-state index < -0.39 is 11.6 Å². The van der Waals surface area contributed by atoms with Crippen LogP contribution in [0, 0.1) is 5.92 Å². The molecular formula is C11H19FO2. The van der Waals surface area contributed by atoms with Gasteiger partial charge in [-0.2, -0.15) is 0 Å². The van der Waals surface area contributed by atoms with Crippen molar-refractivity contribution in [3.05, 3.63) is 0 Å². The molecule has 0 spiro atoms. The van der Waals surface area contributed by atoms with Gasteiger partial charge in [0.2, 0.25) is 5.67 Å². The van der Waals surface area contributed by atoms with Gasteiger partial charge in [-0.25, -0.2) is 9.18 Å². The Balaban J connectivity index is 2.44. The standard InChI is InChI=1S/C11H19FO2/c1-11(12,10(13)14-2)8-9-6-4-3-5-7-9/h9H,3-8H2,1-2H3. The monoisotopic (exact) mass is 202 g/mol. The summed E-state index contributed by atoms with van der Waals surface area (Å²) in [5.41, 5.74) is -1.79. The lowest BCUT2D eigenvalue weighted by molar-refractivity contribution is -0.154.